The average molecular weight is 370 g/mol. The number of methoxy groups -OCH3 is 2. The van der Waals surface area contributed by atoms with Crippen LogP contribution in [0.25, 0.3) is 16.8 Å². The molecule has 0 amide bonds. The molecule has 0 aliphatic heterocycles. The molecule has 1 heterocycles. The quantitative estimate of drug-likeness (QED) is 0.593. The summed E-state index contributed by atoms with van der Waals surface area (Å²) in [6.07, 6.45) is 0. The lowest BCUT2D eigenvalue weighted by atomic mass is 10.0. The van der Waals surface area contributed by atoms with Gasteiger partial charge in [0.1, 0.15) is 5.75 Å². The average Bonchev–Trinajstić information content (AvgIpc) is 2.92. The van der Waals surface area contributed by atoms with Crippen LogP contribution >= 0.6 is 11.6 Å². The lowest BCUT2D eigenvalue weighted by molar-refractivity contribution is 0.0601. The van der Waals surface area contributed by atoms with Crippen molar-refractivity contribution in [1.82, 2.24) is 4.57 Å². The summed E-state index contributed by atoms with van der Waals surface area (Å²) in [5.41, 5.74) is 5.05. The minimum absolute atomic E-state index is 0.359. The fourth-order valence-electron chi connectivity index (χ4n) is 3.28. The maximum Gasteiger partial charge on any atom is 0.340 e. The number of hydrogen-bond acceptors (Lipinski definition) is 3. The second-order valence-corrected chi connectivity index (χ2v) is 6.39. The molecule has 0 saturated heterocycles. The first-order chi connectivity index (χ1) is 12.5. The Morgan fingerprint density at radius 3 is 2.08 bits per heavy atom. The molecule has 26 heavy (non-hydrogen) atoms. The lowest BCUT2D eigenvalue weighted by Gasteiger charge is -2.11. The molecule has 0 spiro atoms. The largest absolute Gasteiger partial charge is 0.497 e. The number of ether oxygens (including phenoxy) is 2. The van der Waals surface area contributed by atoms with Gasteiger partial charge in [-0.05, 0) is 55.8 Å². The highest BCUT2D eigenvalue weighted by Gasteiger charge is 2.25. The zero-order chi connectivity index (χ0) is 18.8. The van der Waals surface area contributed by atoms with Gasteiger partial charge in [-0.25, -0.2) is 4.79 Å². The lowest BCUT2D eigenvalue weighted by Crippen LogP contribution is -2.05. The summed E-state index contributed by atoms with van der Waals surface area (Å²) in [5.74, 6) is 0.421. The predicted molar refractivity (Wildman–Crippen MR) is 104 cm³/mol. The van der Waals surface area contributed by atoms with Crippen molar-refractivity contribution in [2.75, 3.05) is 14.2 Å². The van der Waals surface area contributed by atoms with Crippen LogP contribution < -0.4 is 4.74 Å². The van der Waals surface area contributed by atoms with Gasteiger partial charge in [0, 0.05) is 27.7 Å². The summed E-state index contributed by atoms with van der Waals surface area (Å²) in [6.45, 7) is 3.91. The summed E-state index contributed by atoms with van der Waals surface area (Å²) in [7, 11) is 3.03. The second-order valence-electron chi connectivity index (χ2n) is 5.95. The van der Waals surface area contributed by atoms with Crippen LogP contribution in [0.1, 0.15) is 21.7 Å². The van der Waals surface area contributed by atoms with Crippen LogP contribution in [-0.2, 0) is 4.74 Å². The van der Waals surface area contributed by atoms with Crippen LogP contribution in [-0.4, -0.2) is 24.8 Å². The van der Waals surface area contributed by atoms with E-state index in [4.69, 9.17) is 21.1 Å². The molecular weight excluding hydrogens is 350 g/mol. The van der Waals surface area contributed by atoms with Crippen molar-refractivity contribution in [1.29, 1.82) is 0 Å². The maximum atomic E-state index is 12.5. The van der Waals surface area contributed by atoms with Gasteiger partial charge in [0.15, 0.2) is 0 Å². The summed E-state index contributed by atoms with van der Waals surface area (Å²) < 4.78 is 12.3. The first kappa shape index (κ1) is 18.1. The molecule has 0 fully saturated rings. The molecule has 3 rings (SSSR count). The number of aromatic nitrogens is 1. The molecule has 0 aliphatic rings. The van der Waals surface area contributed by atoms with Crippen LogP contribution in [0.15, 0.2) is 48.5 Å². The van der Waals surface area contributed by atoms with Gasteiger partial charge in [-0.1, -0.05) is 23.7 Å². The zero-order valence-electron chi connectivity index (χ0n) is 15.2. The van der Waals surface area contributed by atoms with E-state index in [-0.39, 0.29) is 5.97 Å². The third-order valence-corrected chi connectivity index (χ3v) is 4.75. The molecule has 3 aromatic rings. The SMILES string of the molecule is COC(=O)c1c(-c2ccc(Cl)cc2)c(C)n(-c2ccc(OC)cc2)c1C. The molecule has 0 atom stereocenters. The van der Waals surface area contributed by atoms with Gasteiger partial charge in [0.2, 0.25) is 0 Å². The molecule has 1 aromatic heterocycles. The summed E-state index contributed by atoms with van der Waals surface area (Å²) in [5, 5.41) is 0.650. The van der Waals surface area contributed by atoms with E-state index >= 15 is 0 Å². The van der Waals surface area contributed by atoms with Crippen LogP contribution in [0, 0.1) is 13.8 Å². The minimum Gasteiger partial charge on any atom is -0.497 e. The van der Waals surface area contributed by atoms with Crippen molar-refractivity contribution in [3.05, 3.63) is 70.5 Å². The number of esters is 1. The molecule has 0 saturated carbocycles. The molecule has 0 radical (unpaired) electrons. The third kappa shape index (κ3) is 3.08. The predicted octanol–water partition coefficient (Wildman–Crippen LogP) is 5.21. The molecule has 4 nitrogen and oxygen atoms in total. The molecule has 0 unspecified atom stereocenters. The van der Waals surface area contributed by atoms with Crippen molar-refractivity contribution in [3.63, 3.8) is 0 Å². The molecule has 2 aromatic carbocycles. The summed E-state index contributed by atoms with van der Waals surface area (Å²) in [6, 6.07) is 15.2. The molecule has 0 N–H and O–H groups in total. The van der Waals surface area contributed by atoms with Crippen LogP contribution in [0.4, 0.5) is 0 Å². The highest BCUT2D eigenvalue weighted by Crippen LogP contribution is 2.35. The van der Waals surface area contributed by atoms with Crippen LogP contribution in [0.3, 0.4) is 0 Å². The van der Waals surface area contributed by atoms with E-state index in [1.807, 2.05) is 62.4 Å². The van der Waals surface area contributed by atoms with Gasteiger partial charge < -0.3 is 14.0 Å². The normalized spacial score (nSPS) is 10.7. The molecule has 0 aliphatic carbocycles. The van der Waals surface area contributed by atoms with Crippen LogP contribution in [0.5, 0.6) is 5.75 Å². The van der Waals surface area contributed by atoms with Crippen molar-refractivity contribution in [2.45, 2.75) is 13.8 Å². The Morgan fingerprint density at radius 2 is 1.54 bits per heavy atom. The molecular formula is C21H20ClNO3. The maximum absolute atomic E-state index is 12.5. The van der Waals surface area contributed by atoms with Crippen molar-refractivity contribution in [3.8, 4) is 22.6 Å². The van der Waals surface area contributed by atoms with Gasteiger partial charge in [-0.2, -0.15) is 0 Å². The number of rotatable bonds is 4. The van der Waals surface area contributed by atoms with E-state index in [0.29, 0.717) is 10.6 Å². The summed E-state index contributed by atoms with van der Waals surface area (Å²) >= 11 is 6.02. The van der Waals surface area contributed by atoms with E-state index in [1.54, 1.807) is 7.11 Å². The Labute approximate surface area is 157 Å². The zero-order valence-corrected chi connectivity index (χ0v) is 15.9. The highest BCUT2D eigenvalue weighted by atomic mass is 35.5. The monoisotopic (exact) mass is 369 g/mol. The van der Waals surface area contributed by atoms with E-state index in [0.717, 1.165) is 34.0 Å². The Bertz CT molecular complexity index is 941. The smallest absolute Gasteiger partial charge is 0.340 e. The number of benzene rings is 2. The van der Waals surface area contributed by atoms with Gasteiger partial charge in [-0.3, -0.25) is 0 Å². The van der Waals surface area contributed by atoms with Gasteiger partial charge in [0.25, 0.3) is 0 Å². The van der Waals surface area contributed by atoms with Gasteiger partial charge >= 0.3 is 5.97 Å². The van der Waals surface area contributed by atoms with Crippen molar-refractivity contribution in [2.24, 2.45) is 0 Å². The first-order valence-electron chi connectivity index (χ1n) is 8.18. The van der Waals surface area contributed by atoms with Crippen molar-refractivity contribution >= 4 is 17.6 Å². The van der Waals surface area contributed by atoms with Crippen LogP contribution in [0.2, 0.25) is 5.02 Å². The number of nitrogens with zero attached hydrogens (tertiary/aromatic N) is 1. The third-order valence-electron chi connectivity index (χ3n) is 4.50. The van der Waals surface area contributed by atoms with E-state index in [9.17, 15) is 4.79 Å². The Kier molecular flexibility index (Phi) is 5.05. The van der Waals surface area contributed by atoms with Gasteiger partial charge in [0.05, 0.1) is 19.8 Å². The Hall–Kier alpha value is -2.72. The van der Waals surface area contributed by atoms with E-state index in [2.05, 4.69) is 4.57 Å². The molecule has 5 heteroatoms. The molecule has 134 valence electrons. The van der Waals surface area contributed by atoms with E-state index in [1.165, 1.54) is 7.11 Å². The standard InChI is InChI=1S/C21H20ClNO3/c1-13-19(15-5-7-16(22)8-6-15)20(21(24)26-4)14(2)23(13)17-9-11-18(25-3)12-10-17/h5-12H,1-4H3. The molecule has 0 bridgehead atoms. The first-order valence-corrected chi connectivity index (χ1v) is 8.56. The Morgan fingerprint density at radius 1 is 0.923 bits per heavy atom. The van der Waals surface area contributed by atoms with Crippen molar-refractivity contribution < 1.29 is 14.3 Å². The Balaban J connectivity index is 2.26. The highest BCUT2D eigenvalue weighted by molar-refractivity contribution is 6.30. The topological polar surface area (TPSA) is 40.5 Å². The number of carbonyl (C=O) groups excluding carboxylic acids is 1. The second kappa shape index (κ2) is 7.26. The number of carbonyl (C=O) groups is 1. The fraction of sp³-hybridized carbons (Fsp3) is 0.190. The summed E-state index contributed by atoms with van der Waals surface area (Å²) in [4.78, 5) is 12.5. The number of halogens is 1. The van der Waals surface area contributed by atoms with Gasteiger partial charge in [-0.15, -0.1) is 0 Å². The number of hydrogen-bond donors (Lipinski definition) is 0. The minimum atomic E-state index is -0.359. The van der Waals surface area contributed by atoms with E-state index < -0.39 is 0 Å². The fourth-order valence-corrected chi connectivity index (χ4v) is 3.40.